The van der Waals surface area contributed by atoms with Crippen molar-refractivity contribution < 1.29 is 17.9 Å². The van der Waals surface area contributed by atoms with Crippen LogP contribution in [0.4, 0.5) is 5.69 Å². The molecule has 1 heterocycles. The number of carbonyl (C=O) groups is 1. The maximum atomic E-state index is 13.0. The van der Waals surface area contributed by atoms with E-state index in [1.807, 2.05) is 36.4 Å². The van der Waals surface area contributed by atoms with E-state index in [9.17, 15) is 13.2 Å². The van der Waals surface area contributed by atoms with E-state index in [1.165, 1.54) is 55.9 Å². The van der Waals surface area contributed by atoms with Crippen LogP contribution in [-0.2, 0) is 10.0 Å². The van der Waals surface area contributed by atoms with Crippen molar-refractivity contribution >= 4 is 32.6 Å². The SMILES string of the molecule is O=C(Oc1ccc(C2CCCCC2)cc1)c1ccc(NS(=O)(=O)c2cccc3cccnc23)cc1. The Labute approximate surface area is 205 Å². The molecule has 0 spiro atoms. The summed E-state index contributed by atoms with van der Waals surface area (Å²) in [6.45, 7) is 0. The molecule has 0 saturated heterocycles. The van der Waals surface area contributed by atoms with Crippen molar-refractivity contribution in [3.63, 3.8) is 0 Å². The third kappa shape index (κ3) is 5.20. The number of pyridine rings is 1. The van der Waals surface area contributed by atoms with Crippen LogP contribution in [0.5, 0.6) is 5.75 Å². The quantitative estimate of drug-likeness (QED) is 0.255. The molecule has 1 fully saturated rings. The number of nitrogens with zero attached hydrogens (tertiary/aromatic N) is 1. The van der Waals surface area contributed by atoms with Gasteiger partial charge in [-0.25, -0.2) is 13.2 Å². The van der Waals surface area contributed by atoms with Crippen molar-refractivity contribution in [3.05, 3.63) is 96.2 Å². The molecular weight excluding hydrogens is 460 g/mol. The van der Waals surface area contributed by atoms with E-state index in [2.05, 4.69) is 9.71 Å². The highest BCUT2D eigenvalue weighted by atomic mass is 32.2. The second-order valence-corrected chi connectivity index (χ2v) is 10.5. The molecule has 0 unspecified atom stereocenters. The van der Waals surface area contributed by atoms with Gasteiger partial charge in [-0.1, -0.05) is 49.6 Å². The summed E-state index contributed by atoms with van der Waals surface area (Å²) in [5, 5.41) is 0.736. The Kier molecular flexibility index (Phi) is 6.51. The molecule has 1 aliphatic carbocycles. The molecule has 0 amide bonds. The fourth-order valence-electron chi connectivity index (χ4n) is 4.59. The highest BCUT2D eigenvalue weighted by Crippen LogP contribution is 2.33. The van der Waals surface area contributed by atoms with Crippen molar-refractivity contribution in [2.45, 2.75) is 42.9 Å². The predicted octanol–water partition coefficient (Wildman–Crippen LogP) is 6.30. The van der Waals surface area contributed by atoms with Crippen molar-refractivity contribution in [1.82, 2.24) is 4.98 Å². The van der Waals surface area contributed by atoms with Gasteiger partial charge in [0.1, 0.15) is 10.6 Å². The summed E-state index contributed by atoms with van der Waals surface area (Å²) < 4.78 is 34.0. The van der Waals surface area contributed by atoms with Crippen molar-refractivity contribution in [2.24, 2.45) is 0 Å². The molecule has 1 N–H and O–H groups in total. The Morgan fingerprint density at radius 1 is 0.857 bits per heavy atom. The van der Waals surface area contributed by atoms with Gasteiger partial charge in [0, 0.05) is 17.3 Å². The maximum Gasteiger partial charge on any atom is 0.343 e. The number of para-hydroxylation sites is 1. The number of sulfonamides is 1. The zero-order valence-electron chi connectivity index (χ0n) is 19.2. The number of rotatable bonds is 6. The first-order valence-electron chi connectivity index (χ1n) is 11.8. The van der Waals surface area contributed by atoms with E-state index >= 15 is 0 Å². The van der Waals surface area contributed by atoms with Gasteiger partial charge in [0.2, 0.25) is 0 Å². The largest absolute Gasteiger partial charge is 0.423 e. The van der Waals surface area contributed by atoms with Crippen molar-refractivity contribution in [1.29, 1.82) is 0 Å². The highest BCUT2D eigenvalue weighted by Gasteiger charge is 2.19. The van der Waals surface area contributed by atoms with Crippen LogP contribution >= 0.6 is 0 Å². The van der Waals surface area contributed by atoms with Gasteiger partial charge in [0.25, 0.3) is 10.0 Å². The summed E-state index contributed by atoms with van der Waals surface area (Å²) >= 11 is 0. The van der Waals surface area contributed by atoms with Gasteiger partial charge >= 0.3 is 5.97 Å². The predicted molar refractivity (Wildman–Crippen MR) is 136 cm³/mol. The lowest BCUT2D eigenvalue weighted by molar-refractivity contribution is 0.0734. The van der Waals surface area contributed by atoms with E-state index in [0.29, 0.717) is 28.4 Å². The van der Waals surface area contributed by atoms with Crippen LogP contribution in [0.15, 0.2) is 90.0 Å². The molecule has 0 radical (unpaired) electrons. The fourth-order valence-corrected chi connectivity index (χ4v) is 5.83. The van der Waals surface area contributed by atoms with Crippen LogP contribution in [0.25, 0.3) is 10.9 Å². The van der Waals surface area contributed by atoms with Crippen molar-refractivity contribution in [2.75, 3.05) is 4.72 Å². The van der Waals surface area contributed by atoms with Crippen LogP contribution < -0.4 is 9.46 Å². The van der Waals surface area contributed by atoms with Crippen LogP contribution in [0.3, 0.4) is 0 Å². The fraction of sp³-hybridized carbons (Fsp3) is 0.214. The monoisotopic (exact) mass is 486 g/mol. The maximum absolute atomic E-state index is 13.0. The lowest BCUT2D eigenvalue weighted by Crippen LogP contribution is -2.14. The first-order valence-corrected chi connectivity index (χ1v) is 13.3. The second kappa shape index (κ2) is 9.88. The molecule has 7 heteroatoms. The van der Waals surface area contributed by atoms with Gasteiger partial charge in [-0.05, 0) is 72.9 Å². The molecule has 5 rings (SSSR count). The first-order chi connectivity index (χ1) is 17.0. The van der Waals surface area contributed by atoms with Crippen LogP contribution in [0.2, 0.25) is 0 Å². The lowest BCUT2D eigenvalue weighted by atomic mass is 9.84. The Balaban J connectivity index is 1.26. The topological polar surface area (TPSA) is 85.4 Å². The summed E-state index contributed by atoms with van der Waals surface area (Å²) in [5.41, 5.74) is 2.36. The number of aromatic nitrogens is 1. The Bertz CT molecular complexity index is 1440. The minimum atomic E-state index is -3.86. The Hall–Kier alpha value is -3.71. The minimum absolute atomic E-state index is 0.0933. The molecule has 35 heavy (non-hydrogen) atoms. The molecular formula is C28H26N2O4S. The number of anilines is 1. The molecule has 1 aromatic heterocycles. The van der Waals surface area contributed by atoms with E-state index < -0.39 is 16.0 Å². The van der Waals surface area contributed by atoms with Gasteiger partial charge in [-0.3, -0.25) is 9.71 Å². The Morgan fingerprint density at radius 3 is 2.31 bits per heavy atom. The van der Waals surface area contributed by atoms with Crippen LogP contribution in [0, 0.1) is 0 Å². The lowest BCUT2D eigenvalue weighted by Gasteiger charge is -2.22. The molecule has 0 aliphatic heterocycles. The van der Waals surface area contributed by atoms with Crippen LogP contribution in [0.1, 0.15) is 53.9 Å². The molecule has 0 bridgehead atoms. The van der Waals surface area contributed by atoms with Crippen molar-refractivity contribution in [3.8, 4) is 5.75 Å². The number of fused-ring (bicyclic) bond motifs is 1. The number of hydrogen-bond acceptors (Lipinski definition) is 5. The summed E-state index contributed by atoms with van der Waals surface area (Å²) in [5.74, 6) is 0.584. The second-order valence-electron chi connectivity index (χ2n) is 8.81. The van der Waals surface area contributed by atoms with Gasteiger partial charge in [0.05, 0.1) is 11.1 Å². The molecule has 178 valence electrons. The van der Waals surface area contributed by atoms with E-state index in [0.717, 1.165) is 5.39 Å². The normalized spacial score (nSPS) is 14.5. The molecule has 1 saturated carbocycles. The average Bonchev–Trinajstić information content (AvgIpc) is 2.89. The first kappa shape index (κ1) is 23.1. The average molecular weight is 487 g/mol. The third-order valence-electron chi connectivity index (χ3n) is 6.43. The van der Waals surface area contributed by atoms with Gasteiger partial charge in [-0.2, -0.15) is 0 Å². The van der Waals surface area contributed by atoms with Gasteiger partial charge in [0.15, 0.2) is 0 Å². The molecule has 1 aliphatic rings. The number of ether oxygens (including phenoxy) is 1. The number of carbonyl (C=O) groups excluding carboxylic acids is 1. The highest BCUT2D eigenvalue weighted by molar-refractivity contribution is 7.93. The van der Waals surface area contributed by atoms with E-state index in [1.54, 1.807) is 30.5 Å². The number of benzene rings is 3. The summed E-state index contributed by atoms with van der Waals surface area (Å²) in [4.78, 5) is 16.9. The number of esters is 1. The summed E-state index contributed by atoms with van der Waals surface area (Å²) in [6, 6.07) is 22.5. The zero-order chi connectivity index (χ0) is 24.3. The Morgan fingerprint density at radius 2 is 1.57 bits per heavy atom. The molecule has 3 aromatic carbocycles. The summed E-state index contributed by atoms with van der Waals surface area (Å²) in [6.07, 6.45) is 7.84. The molecule has 0 atom stereocenters. The van der Waals surface area contributed by atoms with E-state index in [-0.39, 0.29) is 4.90 Å². The van der Waals surface area contributed by atoms with Gasteiger partial charge in [-0.15, -0.1) is 0 Å². The van der Waals surface area contributed by atoms with Gasteiger partial charge < -0.3 is 4.74 Å². The number of nitrogens with one attached hydrogen (secondary N) is 1. The van der Waals surface area contributed by atoms with E-state index in [4.69, 9.17) is 4.74 Å². The number of hydrogen-bond donors (Lipinski definition) is 1. The zero-order valence-corrected chi connectivity index (χ0v) is 20.0. The summed E-state index contributed by atoms with van der Waals surface area (Å²) in [7, 11) is -3.86. The molecule has 6 nitrogen and oxygen atoms in total. The minimum Gasteiger partial charge on any atom is -0.423 e. The molecule has 4 aromatic rings. The smallest absolute Gasteiger partial charge is 0.343 e. The standard InChI is InChI=1S/C28H26N2O4S/c31-28(34-25-17-13-21(14-18-25)20-6-2-1-3-7-20)23-11-15-24(16-12-23)30-35(32,33)26-10-4-8-22-9-5-19-29-27(22)26/h4-5,8-20,30H,1-3,6-7H2. The van der Waals surface area contributed by atoms with Crippen LogP contribution in [-0.4, -0.2) is 19.4 Å². The third-order valence-corrected chi connectivity index (χ3v) is 7.84.